The van der Waals surface area contributed by atoms with E-state index in [1.807, 2.05) is 62.4 Å². The largest absolute Gasteiger partial charge is 0.403 e. The third-order valence-corrected chi connectivity index (χ3v) is 8.13. The van der Waals surface area contributed by atoms with E-state index < -0.39 is 17.2 Å². The predicted molar refractivity (Wildman–Crippen MR) is 154 cm³/mol. The lowest BCUT2D eigenvalue weighted by molar-refractivity contribution is 0.146. The van der Waals surface area contributed by atoms with Crippen molar-refractivity contribution >= 4 is 28.1 Å². The number of hydrogen-bond donors (Lipinski definition) is 2. The van der Waals surface area contributed by atoms with Crippen LogP contribution in [-0.2, 0) is 10.8 Å². The van der Waals surface area contributed by atoms with Crippen LogP contribution in [0.4, 0.5) is 14.5 Å². The van der Waals surface area contributed by atoms with Crippen molar-refractivity contribution in [3.63, 3.8) is 0 Å². The minimum Gasteiger partial charge on any atom is -0.403 e. The Kier molecular flexibility index (Phi) is 8.84. The van der Waals surface area contributed by atoms with Crippen LogP contribution >= 0.6 is 11.6 Å². The molecular formula is C29H30ClF2N5OS. The number of aromatic nitrogens is 2. The van der Waals surface area contributed by atoms with Crippen molar-refractivity contribution < 1.29 is 13.0 Å². The van der Waals surface area contributed by atoms with Crippen LogP contribution in [0.5, 0.6) is 0 Å². The van der Waals surface area contributed by atoms with Crippen LogP contribution in [0.2, 0.25) is 5.02 Å². The van der Waals surface area contributed by atoms with Crippen molar-refractivity contribution in [2.24, 2.45) is 11.6 Å². The summed E-state index contributed by atoms with van der Waals surface area (Å²) in [6.07, 6.45) is 0.0334. The topological polar surface area (TPSA) is 90.2 Å². The van der Waals surface area contributed by atoms with Crippen LogP contribution in [0.15, 0.2) is 89.7 Å². The summed E-state index contributed by atoms with van der Waals surface area (Å²) in [4.78, 5) is 4.75. The minimum atomic E-state index is -2.71. The number of nitrogens with two attached hydrogens (primary N) is 2. The zero-order valence-corrected chi connectivity index (χ0v) is 23.4. The molecule has 0 aliphatic rings. The maximum absolute atomic E-state index is 13.5. The number of hydrazine groups is 1. The second-order valence-corrected chi connectivity index (χ2v) is 11.2. The molecule has 4 aromatic rings. The number of imidazole rings is 1. The van der Waals surface area contributed by atoms with E-state index >= 15 is 0 Å². The normalized spacial score (nSPS) is 13.5. The van der Waals surface area contributed by atoms with Gasteiger partial charge in [-0.1, -0.05) is 55.8 Å². The molecule has 204 valence electrons. The molecule has 6 nitrogen and oxygen atoms in total. The Morgan fingerprint density at radius 1 is 1.13 bits per heavy atom. The molecule has 0 bridgehead atoms. The van der Waals surface area contributed by atoms with Crippen LogP contribution in [0.25, 0.3) is 16.8 Å². The van der Waals surface area contributed by atoms with Gasteiger partial charge >= 0.3 is 0 Å². The van der Waals surface area contributed by atoms with Gasteiger partial charge in [-0.2, -0.15) is 0 Å². The Morgan fingerprint density at radius 3 is 2.44 bits per heavy atom. The van der Waals surface area contributed by atoms with Crippen molar-refractivity contribution in [2.45, 2.75) is 38.0 Å². The molecule has 2 atom stereocenters. The number of hydrogen-bond acceptors (Lipinski definition) is 5. The zero-order valence-electron chi connectivity index (χ0n) is 21.8. The monoisotopic (exact) mass is 569 g/mol. The number of rotatable bonds is 9. The molecule has 0 radical (unpaired) electrons. The lowest BCUT2D eigenvalue weighted by Crippen LogP contribution is -2.34. The summed E-state index contributed by atoms with van der Waals surface area (Å²) in [5.74, 6) is 7.42. The maximum Gasteiger partial charge on any atom is 0.281 e. The molecule has 0 aliphatic heterocycles. The fourth-order valence-electron chi connectivity index (χ4n) is 4.42. The van der Waals surface area contributed by atoms with E-state index in [-0.39, 0.29) is 11.6 Å². The first-order valence-electron chi connectivity index (χ1n) is 12.3. The van der Waals surface area contributed by atoms with Gasteiger partial charge in [0.15, 0.2) is 0 Å². The standard InChI is InChI=1S/C29H30ClF2N5OS/c1-4-39(38)24-7-5-6-21(14-24)22-10-13-26(36-17-25(29(31)32)35-19(36)3)27(15-22)37(34)28(16-33)18(2)20-8-11-23(30)12-9-20/h5-18,29H,4,33-34H2,1-3H3/b28-16-. The molecule has 0 fully saturated rings. The van der Waals surface area contributed by atoms with Gasteiger partial charge in [0.1, 0.15) is 11.5 Å². The van der Waals surface area contributed by atoms with E-state index in [2.05, 4.69) is 4.98 Å². The molecule has 4 rings (SSSR count). The molecule has 1 heterocycles. The van der Waals surface area contributed by atoms with Gasteiger partial charge in [-0.15, -0.1) is 0 Å². The number of alkyl halides is 2. The molecule has 0 saturated heterocycles. The van der Waals surface area contributed by atoms with E-state index in [1.165, 1.54) is 17.4 Å². The molecule has 2 unspecified atom stereocenters. The molecule has 39 heavy (non-hydrogen) atoms. The number of halogens is 3. The summed E-state index contributed by atoms with van der Waals surface area (Å²) in [5.41, 5.74) is 10.0. The highest BCUT2D eigenvalue weighted by molar-refractivity contribution is 7.85. The first-order chi connectivity index (χ1) is 18.6. The van der Waals surface area contributed by atoms with Gasteiger partial charge in [0.05, 0.1) is 27.9 Å². The van der Waals surface area contributed by atoms with Gasteiger partial charge in [0, 0.05) is 34.0 Å². The summed E-state index contributed by atoms with van der Waals surface area (Å²) in [7, 11) is -1.12. The number of benzene rings is 3. The van der Waals surface area contributed by atoms with Crippen molar-refractivity contribution in [3.8, 4) is 16.8 Å². The number of nitrogens with zero attached hydrogens (tertiary/aromatic N) is 3. The van der Waals surface area contributed by atoms with Crippen LogP contribution in [0.1, 0.15) is 43.3 Å². The smallest absolute Gasteiger partial charge is 0.281 e. The highest BCUT2D eigenvalue weighted by atomic mass is 35.5. The molecule has 10 heteroatoms. The van der Waals surface area contributed by atoms with Gasteiger partial charge < -0.3 is 10.3 Å². The van der Waals surface area contributed by atoms with Crippen LogP contribution in [-0.4, -0.2) is 19.5 Å². The summed E-state index contributed by atoms with van der Waals surface area (Å²) in [6.45, 7) is 5.49. The summed E-state index contributed by atoms with van der Waals surface area (Å²) < 4.78 is 41.0. The van der Waals surface area contributed by atoms with Gasteiger partial charge in [0.2, 0.25) is 0 Å². The lowest BCUT2D eigenvalue weighted by atomic mass is 9.97. The van der Waals surface area contributed by atoms with Gasteiger partial charge in [-0.25, -0.2) is 19.6 Å². The van der Waals surface area contributed by atoms with E-state index in [4.69, 9.17) is 23.2 Å². The van der Waals surface area contributed by atoms with Gasteiger partial charge in [-0.05, 0) is 60.0 Å². The van der Waals surface area contributed by atoms with Crippen LogP contribution < -0.4 is 16.6 Å². The highest BCUT2D eigenvalue weighted by Gasteiger charge is 2.23. The number of allylic oxidation sites excluding steroid dienone is 1. The fourth-order valence-corrected chi connectivity index (χ4v) is 5.37. The van der Waals surface area contributed by atoms with Gasteiger partial charge in [-0.3, -0.25) is 9.22 Å². The van der Waals surface area contributed by atoms with Crippen LogP contribution in [0.3, 0.4) is 0 Å². The van der Waals surface area contributed by atoms with E-state index in [0.29, 0.717) is 33.7 Å². The second-order valence-electron chi connectivity index (χ2n) is 8.98. The van der Waals surface area contributed by atoms with Crippen LogP contribution in [0, 0.1) is 6.92 Å². The average Bonchev–Trinajstić information content (AvgIpc) is 3.34. The number of aryl methyl sites for hydroxylation is 1. The quantitative estimate of drug-likeness (QED) is 0.170. The van der Waals surface area contributed by atoms with Gasteiger partial charge in [0.25, 0.3) is 6.43 Å². The number of anilines is 1. The van der Waals surface area contributed by atoms with Crippen molar-refractivity contribution in [3.05, 3.63) is 107 Å². The molecule has 0 saturated carbocycles. The third kappa shape index (κ3) is 6.06. The lowest BCUT2D eigenvalue weighted by Gasteiger charge is -2.29. The third-order valence-electron chi connectivity index (χ3n) is 6.57. The Morgan fingerprint density at radius 2 is 1.82 bits per heavy atom. The van der Waals surface area contributed by atoms with Crippen molar-refractivity contribution in [1.29, 1.82) is 0 Å². The zero-order chi connectivity index (χ0) is 28.3. The SMILES string of the molecule is CCS(=O)c1cccc(-c2ccc(-n3cc(C(F)F)nc3C)c(N(N)/C(=C\N)C(C)c3ccc(Cl)cc3)c2)c1. The Bertz CT molecular complexity index is 1520. The predicted octanol–water partition coefficient (Wildman–Crippen LogP) is 6.85. The van der Waals surface area contributed by atoms with Crippen molar-refractivity contribution in [2.75, 3.05) is 10.8 Å². The molecule has 3 aromatic carbocycles. The summed E-state index contributed by atoms with van der Waals surface area (Å²) in [5, 5.41) is 2.08. The molecule has 0 spiro atoms. The first kappa shape index (κ1) is 28.5. The highest BCUT2D eigenvalue weighted by Crippen LogP contribution is 2.36. The minimum absolute atomic E-state index is 0.218. The summed E-state index contributed by atoms with van der Waals surface area (Å²) in [6, 6.07) is 20.4. The molecule has 0 aliphatic carbocycles. The summed E-state index contributed by atoms with van der Waals surface area (Å²) >= 11 is 6.08. The van der Waals surface area contributed by atoms with E-state index in [0.717, 1.165) is 21.6 Å². The first-order valence-corrected chi connectivity index (χ1v) is 14.0. The maximum atomic E-state index is 13.5. The Balaban J connectivity index is 1.86. The molecule has 1 aromatic heterocycles. The Labute approximate surface area is 234 Å². The molecule has 4 N–H and O–H groups in total. The fraction of sp³-hybridized carbons (Fsp3) is 0.207. The van der Waals surface area contributed by atoms with E-state index in [1.54, 1.807) is 29.7 Å². The Hall–Kier alpha value is -3.53. The van der Waals surface area contributed by atoms with Crippen molar-refractivity contribution in [1.82, 2.24) is 9.55 Å². The molecular weight excluding hydrogens is 540 g/mol. The molecule has 0 amide bonds. The van der Waals surface area contributed by atoms with E-state index in [9.17, 15) is 13.0 Å². The second kappa shape index (κ2) is 12.1. The average molecular weight is 570 g/mol.